The zero-order valence-electron chi connectivity index (χ0n) is 12.7. The molecule has 3 atom stereocenters. The Morgan fingerprint density at radius 2 is 2.20 bits per heavy atom. The van der Waals surface area contributed by atoms with Gasteiger partial charge in [-0.1, -0.05) is 6.92 Å². The third kappa shape index (κ3) is 2.32. The van der Waals surface area contributed by atoms with Crippen molar-refractivity contribution in [1.29, 1.82) is 0 Å². The molecular formula is C17H25FN2. The number of aryl methyl sites for hydroxylation is 1. The Morgan fingerprint density at radius 1 is 1.40 bits per heavy atom. The molecule has 1 heterocycles. The van der Waals surface area contributed by atoms with Crippen molar-refractivity contribution >= 4 is 5.69 Å². The fourth-order valence-electron chi connectivity index (χ4n) is 3.91. The van der Waals surface area contributed by atoms with Gasteiger partial charge in [-0.05, 0) is 68.8 Å². The van der Waals surface area contributed by atoms with Crippen molar-refractivity contribution in [1.82, 2.24) is 5.32 Å². The standard InChI is InChI=1S/C17H25FN2/c1-4-19-12(3)15-9-16(18)11(2)7-17(15)20-10-13-5-6-14(20)8-13/h7,9,12-14,19H,4-6,8,10H2,1-3H3. The van der Waals surface area contributed by atoms with Gasteiger partial charge in [0, 0.05) is 24.3 Å². The molecule has 1 aliphatic heterocycles. The number of hydrogen-bond donors (Lipinski definition) is 1. The Morgan fingerprint density at radius 3 is 2.80 bits per heavy atom. The lowest BCUT2D eigenvalue weighted by atomic mass is 10.00. The van der Waals surface area contributed by atoms with Crippen molar-refractivity contribution < 1.29 is 4.39 Å². The number of halogens is 1. The van der Waals surface area contributed by atoms with Crippen LogP contribution in [0.4, 0.5) is 10.1 Å². The number of hydrogen-bond acceptors (Lipinski definition) is 2. The molecule has 2 aliphatic rings. The summed E-state index contributed by atoms with van der Waals surface area (Å²) in [5.41, 5.74) is 3.13. The number of rotatable bonds is 4. The van der Waals surface area contributed by atoms with E-state index in [1.54, 1.807) is 6.07 Å². The van der Waals surface area contributed by atoms with Crippen LogP contribution in [0.2, 0.25) is 0 Å². The fourth-order valence-corrected chi connectivity index (χ4v) is 3.91. The average Bonchev–Trinajstić information content (AvgIpc) is 3.04. The van der Waals surface area contributed by atoms with E-state index in [4.69, 9.17) is 0 Å². The summed E-state index contributed by atoms with van der Waals surface area (Å²) in [5.74, 6) is 0.769. The lowest BCUT2D eigenvalue weighted by molar-refractivity contribution is 0.542. The number of nitrogens with zero attached hydrogens (tertiary/aromatic N) is 1. The van der Waals surface area contributed by atoms with Gasteiger partial charge in [0.1, 0.15) is 5.82 Å². The zero-order chi connectivity index (χ0) is 14.3. The molecule has 1 aromatic rings. The van der Waals surface area contributed by atoms with Crippen LogP contribution < -0.4 is 10.2 Å². The minimum absolute atomic E-state index is 0.0853. The summed E-state index contributed by atoms with van der Waals surface area (Å²) in [7, 11) is 0. The first-order valence-electron chi connectivity index (χ1n) is 7.90. The van der Waals surface area contributed by atoms with Crippen LogP contribution in [0.5, 0.6) is 0 Å². The van der Waals surface area contributed by atoms with Crippen LogP contribution in [-0.4, -0.2) is 19.1 Å². The molecule has 1 saturated carbocycles. The van der Waals surface area contributed by atoms with Crippen molar-refractivity contribution in [2.45, 2.75) is 52.1 Å². The van der Waals surface area contributed by atoms with Gasteiger partial charge >= 0.3 is 0 Å². The first-order valence-corrected chi connectivity index (χ1v) is 7.90. The Balaban J connectivity index is 1.97. The smallest absolute Gasteiger partial charge is 0.126 e. The lowest BCUT2D eigenvalue weighted by Gasteiger charge is -2.33. The highest BCUT2D eigenvalue weighted by Crippen LogP contribution is 2.42. The highest BCUT2D eigenvalue weighted by atomic mass is 19.1. The molecule has 2 fully saturated rings. The quantitative estimate of drug-likeness (QED) is 0.900. The van der Waals surface area contributed by atoms with Crippen molar-refractivity contribution in [2.24, 2.45) is 5.92 Å². The lowest BCUT2D eigenvalue weighted by Crippen LogP contribution is -2.33. The number of anilines is 1. The van der Waals surface area contributed by atoms with Gasteiger partial charge in [0.2, 0.25) is 0 Å². The molecule has 1 saturated heterocycles. The number of fused-ring (bicyclic) bond motifs is 2. The Bertz CT molecular complexity index is 500. The van der Waals surface area contributed by atoms with E-state index < -0.39 is 0 Å². The highest BCUT2D eigenvalue weighted by molar-refractivity contribution is 5.59. The minimum atomic E-state index is -0.0853. The summed E-state index contributed by atoms with van der Waals surface area (Å²) in [6.07, 6.45) is 4.00. The molecule has 0 aromatic heterocycles. The first kappa shape index (κ1) is 13.9. The van der Waals surface area contributed by atoms with Crippen LogP contribution in [0.1, 0.15) is 50.3 Å². The van der Waals surface area contributed by atoms with E-state index in [2.05, 4.69) is 30.1 Å². The second-order valence-corrected chi connectivity index (χ2v) is 6.42. The highest BCUT2D eigenvalue weighted by Gasteiger charge is 2.38. The molecular weight excluding hydrogens is 251 g/mol. The summed E-state index contributed by atoms with van der Waals surface area (Å²) >= 11 is 0. The van der Waals surface area contributed by atoms with Crippen molar-refractivity contribution in [3.8, 4) is 0 Å². The van der Waals surface area contributed by atoms with Crippen molar-refractivity contribution in [3.05, 3.63) is 29.1 Å². The van der Waals surface area contributed by atoms with Gasteiger partial charge in [0.25, 0.3) is 0 Å². The van der Waals surface area contributed by atoms with Gasteiger partial charge in [0.05, 0.1) is 0 Å². The molecule has 110 valence electrons. The van der Waals surface area contributed by atoms with Gasteiger partial charge in [-0.25, -0.2) is 4.39 Å². The first-order chi connectivity index (χ1) is 9.60. The predicted octanol–water partition coefficient (Wildman–Crippen LogP) is 3.79. The molecule has 2 nitrogen and oxygen atoms in total. The molecule has 1 aliphatic carbocycles. The molecule has 2 bridgehead atoms. The molecule has 20 heavy (non-hydrogen) atoms. The van der Waals surface area contributed by atoms with Crippen LogP contribution in [0.15, 0.2) is 12.1 Å². The number of nitrogens with one attached hydrogen (secondary N) is 1. The molecule has 1 N–H and O–H groups in total. The zero-order valence-corrected chi connectivity index (χ0v) is 12.7. The summed E-state index contributed by atoms with van der Waals surface area (Å²) in [6.45, 7) is 8.16. The van der Waals surface area contributed by atoms with Crippen LogP contribution >= 0.6 is 0 Å². The molecule has 3 heteroatoms. The molecule has 0 spiro atoms. The SMILES string of the molecule is CCNC(C)c1cc(F)c(C)cc1N1CC2CCC1C2. The van der Waals surface area contributed by atoms with E-state index in [1.165, 1.54) is 24.9 Å². The summed E-state index contributed by atoms with van der Waals surface area (Å²) < 4.78 is 14.0. The summed E-state index contributed by atoms with van der Waals surface area (Å²) in [6, 6.07) is 4.67. The van der Waals surface area contributed by atoms with Crippen molar-refractivity contribution in [2.75, 3.05) is 18.0 Å². The van der Waals surface area contributed by atoms with E-state index in [0.29, 0.717) is 6.04 Å². The third-order valence-electron chi connectivity index (χ3n) is 5.00. The molecule has 3 rings (SSSR count). The Hall–Kier alpha value is -1.09. The van der Waals surface area contributed by atoms with E-state index in [0.717, 1.165) is 30.1 Å². The Kier molecular flexibility index (Phi) is 3.72. The molecule has 1 aromatic carbocycles. The molecule has 3 unspecified atom stereocenters. The maximum absolute atomic E-state index is 14.0. The van der Waals surface area contributed by atoms with Crippen LogP contribution in [0, 0.1) is 18.7 Å². The van der Waals surface area contributed by atoms with Crippen LogP contribution in [-0.2, 0) is 0 Å². The van der Waals surface area contributed by atoms with E-state index >= 15 is 0 Å². The third-order valence-corrected chi connectivity index (χ3v) is 5.00. The monoisotopic (exact) mass is 276 g/mol. The summed E-state index contributed by atoms with van der Waals surface area (Å²) in [4.78, 5) is 2.53. The predicted molar refractivity (Wildman–Crippen MR) is 81.7 cm³/mol. The fraction of sp³-hybridized carbons (Fsp3) is 0.647. The van der Waals surface area contributed by atoms with E-state index in [9.17, 15) is 4.39 Å². The second kappa shape index (κ2) is 5.36. The average molecular weight is 276 g/mol. The largest absolute Gasteiger partial charge is 0.368 e. The molecule has 0 amide bonds. The molecule has 0 radical (unpaired) electrons. The normalized spacial score (nSPS) is 26.3. The van der Waals surface area contributed by atoms with Gasteiger partial charge in [0.15, 0.2) is 0 Å². The number of piperidine rings is 1. The van der Waals surface area contributed by atoms with E-state index in [1.807, 2.05) is 6.92 Å². The topological polar surface area (TPSA) is 15.3 Å². The van der Waals surface area contributed by atoms with Gasteiger partial charge < -0.3 is 10.2 Å². The van der Waals surface area contributed by atoms with Gasteiger partial charge in [-0.15, -0.1) is 0 Å². The van der Waals surface area contributed by atoms with Crippen molar-refractivity contribution in [3.63, 3.8) is 0 Å². The number of benzene rings is 1. The minimum Gasteiger partial charge on any atom is -0.368 e. The maximum Gasteiger partial charge on any atom is 0.126 e. The van der Waals surface area contributed by atoms with Crippen LogP contribution in [0.3, 0.4) is 0 Å². The maximum atomic E-state index is 14.0. The van der Waals surface area contributed by atoms with Gasteiger partial charge in [-0.3, -0.25) is 0 Å². The van der Waals surface area contributed by atoms with Gasteiger partial charge in [-0.2, -0.15) is 0 Å². The van der Waals surface area contributed by atoms with Crippen LogP contribution in [0.25, 0.3) is 0 Å². The van der Waals surface area contributed by atoms with E-state index in [-0.39, 0.29) is 11.9 Å². The second-order valence-electron chi connectivity index (χ2n) is 6.42. The Labute approximate surface area is 121 Å². The summed E-state index contributed by atoms with van der Waals surface area (Å²) in [5, 5.41) is 3.42.